The van der Waals surface area contributed by atoms with Crippen LogP contribution in [0.15, 0.2) is 109 Å². The number of hydrogen-bond acceptors (Lipinski definition) is 6. The van der Waals surface area contributed by atoms with Gasteiger partial charge in [-0.3, -0.25) is 14.4 Å². The maximum absolute atomic E-state index is 12.7. The second-order valence-corrected chi connectivity index (χ2v) is 13.6. The second-order valence-electron chi connectivity index (χ2n) is 13.6. The molecule has 308 valence electrons. The van der Waals surface area contributed by atoms with E-state index in [0.29, 0.717) is 19.3 Å². The highest BCUT2D eigenvalue weighted by molar-refractivity contribution is 5.71. The van der Waals surface area contributed by atoms with Crippen LogP contribution in [-0.2, 0) is 28.6 Å². The molecule has 1 unspecified atom stereocenters. The number of carbonyl (C=O) groups is 3. The van der Waals surface area contributed by atoms with Crippen molar-refractivity contribution in [1.29, 1.82) is 0 Å². The fourth-order valence-electron chi connectivity index (χ4n) is 5.19. The highest BCUT2D eigenvalue weighted by Gasteiger charge is 2.19. The van der Waals surface area contributed by atoms with E-state index in [1.165, 1.54) is 25.7 Å². The molecule has 0 amide bonds. The van der Waals surface area contributed by atoms with Crippen molar-refractivity contribution in [2.45, 2.75) is 168 Å². The summed E-state index contributed by atoms with van der Waals surface area (Å²) in [6.07, 6.45) is 56.5. The highest BCUT2D eigenvalue weighted by atomic mass is 16.6. The number of allylic oxidation sites excluding steroid dienone is 18. The zero-order chi connectivity index (χ0) is 40.1. The Balaban J connectivity index is 4.52. The number of rotatable bonds is 36. The summed E-state index contributed by atoms with van der Waals surface area (Å²) < 4.78 is 16.6. The van der Waals surface area contributed by atoms with Crippen molar-refractivity contribution < 1.29 is 28.6 Å². The van der Waals surface area contributed by atoms with E-state index in [4.69, 9.17) is 14.2 Å². The maximum atomic E-state index is 12.7. The normalized spacial score (nSPS) is 13.1. The third-order valence-electron chi connectivity index (χ3n) is 8.40. The van der Waals surface area contributed by atoms with Crippen LogP contribution in [0.2, 0.25) is 0 Å². The minimum Gasteiger partial charge on any atom is -0.462 e. The molecule has 0 aromatic carbocycles. The molecule has 0 fully saturated rings. The zero-order valence-electron chi connectivity index (χ0n) is 34.9. The van der Waals surface area contributed by atoms with Gasteiger partial charge in [-0.2, -0.15) is 0 Å². The Morgan fingerprint density at radius 1 is 0.400 bits per heavy atom. The van der Waals surface area contributed by atoms with Gasteiger partial charge in [-0.1, -0.05) is 169 Å². The highest BCUT2D eigenvalue weighted by Crippen LogP contribution is 2.11. The van der Waals surface area contributed by atoms with E-state index in [9.17, 15) is 14.4 Å². The standard InChI is InChI=1S/C49H76O6/c1-4-7-10-13-16-19-21-22-23-24-25-26-28-30-33-36-39-42-48(51)54-45-46(44-53-47(50)41-38-35-32-29-18-15-12-9-6-3)55-49(52)43-40-37-34-31-27-20-17-14-11-8-5-2/h7,9-10,12-14,16-19,21-26,28-29,46H,4-6,8,11,15,20,27,30-45H2,1-3H3/b10-7-,12-9-,16-13-,17-14-,21-19-,23-22-,25-24+,28-26-,29-18-. The van der Waals surface area contributed by atoms with Crippen LogP contribution in [0.3, 0.4) is 0 Å². The molecule has 0 heterocycles. The Morgan fingerprint density at radius 3 is 1.38 bits per heavy atom. The van der Waals surface area contributed by atoms with Crippen molar-refractivity contribution in [3.63, 3.8) is 0 Å². The molecule has 0 saturated heterocycles. The number of hydrogen-bond donors (Lipinski definition) is 0. The van der Waals surface area contributed by atoms with E-state index in [1.807, 2.05) is 60.8 Å². The van der Waals surface area contributed by atoms with Gasteiger partial charge in [0.1, 0.15) is 13.2 Å². The fourth-order valence-corrected chi connectivity index (χ4v) is 5.19. The number of ether oxygens (including phenoxy) is 3. The van der Waals surface area contributed by atoms with Crippen molar-refractivity contribution in [2.75, 3.05) is 13.2 Å². The molecule has 0 saturated carbocycles. The molecule has 0 N–H and O–H groups in total. The topological polar surface area (TPSA) is 78.9 Å². The third kappa shape index (κ3) is 41.1. The molecule has 6 nitrogen and oxygen atoms in total. The smallest absolute Gasteiger partial charge is 0.306 e. The van der Waals surface area contributed by atoms with E-state index < -0.39 is 6.10 Å². The first-order chi connectivity index (χ1) is 27.0. The molecule has 0 rings (SSSR count). The van der Waals surface area contributed by atoms with Gasteiger partial charge >= 0.3 is 17.9 Å². The van der Waals surface area contributed by atoms with Gasteiger partial charge in [0.05, 0.1) is 0 Å². The van der Waals surface area contributed by atoms with E-state index in [0.717, 1.165) is 96.3 Å². The first-order valence-electron chi connectivity index (χ1n) is 21.5. The summed E-state index contributed by atoms with van der Waals surface area (Å²) in [4.78, 5) is 37.6. The molecule has 1 atom stereocenters. The summed E-state index contributed by atoms with van der Waals surface area (Å²) >= 11 is 0. The second kappa shape index (κ2) is 42.8. The van der Waals surface area contributed by atoms with Crippen molar-refractivity contribution >= 4 is 17.9 Å². The summed E-state index contributed by atoms with van der Waals surface area (Å²) in [6, 6.07) is 0. The zero-order valence-corrected chi connectivity index (χ0v) is 34.9. The molecule has 0 aliphatic heterocycles. The van der Waals surface area contributed by atoms with Crippen molar-refractivity contribution in [3.8, 4) is 0 Å². The van der Waals surface area contributed by atoms with Crippen LogP contribution in [0.4, 0.5) is 0 Å². The van der Waals surface area contributed by atoms with Gasteiger partial charge in [0.2, 0.25) is 0 Å². The van der Waals surface area contributed by atoms with E-state index in [2.05, 4.69) is 69.4 Å². The quantitative estimate of drug-likeness (QED) is 0.0208. The lowest BCUT2D eigenvalue weighted by molar-refractivity contribution is -0.167. The molecule has 6 heteroatoms. The van der Waals surface area contributed by atoms with E-state index in [1.54, 1.807) is 0 Å². The minimum atomic E-state index is -0.812. The molecule has 55 heavy (non-hydrogen) atoms. The number of unbranched alkanes of at least 4 members (excludes halogenated alkanes) is 12. The predicted molar refractivity (Wildman–Crippen MR) is 233 cm³/mol. The summed E-state index contributed by atoms with van der Waals surface area (Å²) in [6.45, 7) is 6.21. The molecule has 0 aliphatic carbocycles. The molecule has 0 aliphatic rings. The van der Waals surface area contributed by atoms with Gasteiger partial charge in [0.25, 0.3) is 0 Å². The van der Waals surface area contributed by atoms with Crippen molar-refractivity contribution in [1.82, 2.24) is 0 Å². The summed E-state index contributed by atoms with van der Waals surface area (Å²) in [7, 11) is 0. The average molecular weight is 761 g/mol. The van der Waals surface area contributed by atoms with Crippen molar-refractivity contribution in [3.05, 3.63) is 109 Å². The van der Waals surface area contributed by atoms with E-state index >= 15 is 0 Å². The Morgan fingerprint density at radius 2 is 0.800 bits per heavy atom. The van der Waals surface area contributed by atoms with Crippen LogP contribution >= 0.6 is 0 Å². The first kappa shape index (κ1) is 51.1. The third-order valence-corrected chi connectivity index (χ3v) is 8.40. The van der Waals surface area contributed by atoms with Crippen molar-refractivity contribution in [2.24, 2.45) is 0 Å². The Labute approximate surface area is 336 Å². The van der Waals surface area contributed by atoms with Crippen LogP contribution < -0.4 is 0 Å². The fraction of sp³-hybridized carbons (Fsp3) is 0.571. The van der Waals surface area contributed by atoms with Gasteiger partial charge in [-0.15, -0.1) is 0 Å². The molecule has 0 aromatic heterocycles. The monoisotopic (exact) mass is 761 g/mol. The minimum absolute atomic E-state index is 0.116. The van der Waals surface area contributed by atoms with Gasteiger partial charge < -0.3 is 14.2 Å². The lowest BCUT2D eigenvalue weighted by Gasteiger charge is -2.18. The van der Waals surface area contributed by atoms with Crippen LogP contribution in [0.1, 0.15) is 162 Å². The predicted octanol–water partition coefficient (Wildman–Crippen LogP) is 13.6. The number of esters is 3. The summed E-state index contributed by atoms with van der Waals surface area (Å²) in [5.41, 5.74) is 0. The van der Waals surface area contributed by atoms with E-state index in [-0.39, 0.29) is 31.1 Å². The number of carbonyl (C=O) groups excluding carboxylic acids is 3. The van der Waals surface area contributed by atoms with Crippen LogP contribution in [0.5, 0.6) is 0 Å². The SMILES string of the molecule is CC\C=C/C=C\C=C/C=C\C=C\C=C/CCCCCC(=O)OCC(COC(=O)CCCC/C=C\C/C=C\CC)OC(=O)CCCCCCC/C=C\CCCC. The largest absolute Gasteiger partial charge is 0.462 e. The summed E-state index contributed by atoms with van der Waals surface area (Å²) in [5, 5.41) is 0. The van der Waals surface area contributed by atoms with Gasteiger partial charge in [-0.05, 0) is 83.5 Å². The van der Waals surface area contributed by atoms with Gasteiger partial charge in [0, 0.05) is 19.3 Å². The Kier molecular flexibility index (Phi) is 39.7. The molecular weight excluding hydrogens is 685 g/mol. The lowest BCUT2D eigenvalue weighted by atomic mass is 10.1. The molecule has 0 bridgehead atoms. The Bertz CT molecular complexity index is 1200. The summed E-state index contributed by atoms with van der Waals surface area (Å²) in [5.74, 6) is -1.02. The Hall–Kier alpha value is -3.93. The lowest BCUT2D eigenvalue weighted by Crippen LogP contribution is -2.30. The molecular formula is C49H76O6. The maximum Gasteiger partial charge on any atom is 0.306 e. The molecule has 0 radical (unpaired) electrons. The molecule has 0 spiro atoms. The van der Waals surface area contributed by atoms with Gasteiger partial charge in [0.15, 0.2) is 6.10 Å². The molecule has 0 aromatic rings. The van der Waals surface area contributed by atoms with Crippen LogP contribution in [0, 0.1) is 0 Å². The average Bonchev–Trinajstić information content (AvgIpc) is 3.18. The van der Waals surface area contributed by atoms with Crippen LogP contribution in [-0.4, -0.2) is 37.2 Å². The van der Waals surface area contributed by atoms with Crippen LogP contribution in [0.25, 0.3) is 0 Å². The van der Waals surface area contributed by atoms with Gasteiger partial charge in [-0.25, -0.2) is 0 Å². The first-order valence-corrected chi connectivity index (χ1v) is 21.5.